The number of methoxy groups -OCH3 is 1. The fourth-order valence-corrected chi connectivity index (χ4v) is 5.48. The molecule has 3 aromatic carbocycles. The number of benzene rings is 3. The number of rotatable bonds is 7. The molecule has 37 heavy (non-hydrogen) atoms. The molecule has 9 heteroatoms. The van der Waals surface area contributed by atoms with E-state index in [-0.39, 0.29) is 17.4 Å². The van der Waals surface area contributed by atoms with Crippen molar-refractivity contribution in [3.05, 3.63) is 74.6 Å². The molecule has 0 bridgehead atoms. The lowest BCUT2D eigenvalue weighted by Crippen LogP contribution is -2.06. The van der Waals surface area contributed by atoms with Crippen LogP contribution in [-0.4, -0.2) is 31.9 Å². The van der Waals surface area contributed by atoms with Crippen LogP contribution in [0, 0.1) is 6.92 Å². The van der Waals surface area contributed by atoms with E-state index in [0.29, 0.717) is 21.2 Å². The average Bonchev–Trinajstić information content (AvgIpc) is 3.19. The number of hydrogen-bond donors (Lipinski definition) is 0. The van der Waals surface area contributed by atoms with Gasteiger partial charge in [-0.25, -0.2) is 9.79 Å². The third-order valence-electron chi connectivity index (χ3n) is 5.49. The summed E-state index contributed by atoms with van der Waals surface area (Å²) in [6.07, 6.45) is 1.47. The van der Waals surface area contributed by atoms with Gasteiger partial charge in [0.15, 0.2) is 5.75 Å². The van der Waals surface area contributed by atoms with Gasteiger partial charge in [0, 0.05) is 34.2 Å². The maximum absolute atomic E-state index is 13.1. The molecule has 0 unspecified atom stereocenters. The SMILES string of the molecule is CCOC(=O)c1c(N=Cc2cc(Cl)cc(Cl)c2OC(C)=O)sc(C)c1-c1ccc2cc(OC)ccc2c1. The molecule has 0 atom stereocenters. The van der Waals surface area contributed by atoms with Crippen LogP contribution in [0.5, 0.6) is 11.5 Å². The van der Waals surface area contributed by atoms with E-state index in [1.54, 1.807) is 20.1 Å². The Labute approximate surface area is 228 Å². The van der Waals surface area contributed by atoms with Gasteiger partial charge in [0.1, 0.15) is 16.3 Å². The summed E-state index contributed by atoms with van der Waals surface area (Å²) in [7, 11) is 1.63. The smallest absolute Gasteiger partial charge is 0.341 e. The second kappa shape index (κ2) is 11.3. The summed E-state index contributed by atoms with van der Waals surface area (Å²) in [5, 5.41) is 2.99. The number of thiophene rings is 1. The lowest BCUT2D eigenvalue weighted by Gasteiger charge is -2.09. The minimum Gasteiger partial charge on any atom is -0.497 e. The first-order valence-corrected chi connectivity index (χ1v) is 12.9. The number of aryl methyl sites for hydroxylation is 1. The lowest BCUT2D eigenvalue weighted by atomic mass is 9.98. The highest BCUT2D eigenvalue weighted by atomic mass is 35.5. The Bertz CT molecular complexity index is 1540. The van der Waals surface area contributed by atoms with Crippen LogP contribution in [0.4, 0.5) is 5.00 Å². The van der Waals surface area contributed by atoms with Gasteiger partial charge in [-0.1, -0.05) is 41.4 Å². The molecule has 0 saturated carbocycles. The Morgan fingerprint density at radius 3 is 2.49 bits per heavy atom. The van der Waals surface area contributed by atoms with E-state index in [1.807, 2.05) is 43.3 Å². The lowest BCUT2D eigenvalue weighted by molar-refractivity contribution is -0.131. The van der Waals surface area contributed by atoms with E-state index in [4.69, 9.17) is 37.4 Å². The van der Waals surface area contributed by atoms with E-state index in [9.17, 15) is 9.59 Å². The van der Waals surface area contributed by atoms with Crippen molar-refractivity contribution in [1.82, 2.24) is 0 Å². The normalized spacial score (nSPS) is 11.2. The molecule has 190 valence electrons. The second-order valence-corrected chi connectivity index (χ2v) is 10.1. The number of aliphatic imine (C=N–C) groups is 1. The molecule has 0 saturated heterocycles. The molecule has 1 heterocycles. The molecule has 0 aliphatic carbocycles. The first kappa shape index (κ1) is 26.7. The van der Waals surface area contributed by atoms with Crippen molar-refractivity contribution >= 4 is 68.5 Å². The number of nitrogens with zero attached hydrogens (tertiary/aromatic N) is 1. The molecule has 0 N–H and O–H groups in total. The molecule has 4 aromatic rings. The van der Waals surface area contributed by atoms with Gasteiger partial charge >= 0.3 is 11.9 Å². The van der Waals surface area contributed by atoms with Gasteiger partial charge < -0.3 is 14.2 Å². The Morgan fingerprint density at radius 2 is 1.78 bits per heavy atom. The molecule has 0 spiro atoms. The standard InChI is InChI=1S/C28H23Cl2NO5S/c1-5-35-28(33)25-24(19-7-6-18-12-22(34-4)9-8-17(18)10-19)15(2)37-27(25)31-14-20-11-21(29)13-23(30)26(20)36-16(3)32/h6-14H,5H2,1-4H3. The quantitative estimate of drug-likeness (QED) is 0.131. The summed E-state index contributed by atoms with van der Waals surface area (Å²) >= 11 is 13.8. The van der Waals surface area contributed by atoms with Crippen molar-refractivity contribution in [3.63, 3.8) is 0 Å². The van der Waals surface area contributed by atoms with E-state index in [1.165, 1.54) is 30.5 Å². The number of hydrogen-bond acceptors (Lipinski definition) is 7. The number of esters is 2. The van der Waals surface area contributed by atoms with Gasteiger partial charge in [-0.05, 0) is 60.5 Å². The number of halogens is 2. The summed E-state index contributed by atoms with van der Waals surface area (Å²) in [6, 6.07) is 14.9. The van der Waals surface area contributed by atoms with E-state index in [2.05, 4.69) is 4.99 Å². The zero-order chi connectivity index (χ0) is 26.7. The minimum absolute atomic E-state index is 0.137. The first-order valence-electron chi connectivity index (χ1n) is 11.3. The summed E-state index contributed by atoms with van der Waals surface area (Å²) in [5.41, 5.74) is 2.37. The third kappa shape index (κ3) is 5.80. The van der Waals surface area contributed by atoms with Gasteiger partial charge in [0.05, 0.1) is 18.7 Å². The van der Waals surface area contributed by atoms with Crippen LogP contribution in [0.3, 0.4) is 0 Å². The number of carbonyl (C=O) groups excluding carboxylic acids is 2. The van der Waals surface area contributed by atoms with Crippen molar-refractivity contribution in [2.45, 2.75) is 20.8 Å². The van der Waals surface area contributed by atoms with Crippen LogP contribution in [-0.2, 0) is 9.53 Å². The molecule has 4 rings (SSSR count). The number of ether oxygens (including phenoxy) is 3. The monoisotopic (exact) mass is 555 g/mol. The fourth-order valence-electron chi connectivity index (χ4n) is 3.92. The number of carbonyl (C=O) groups is 2. The molecular formula is C28H23Cl2NO5S. The van der Waals surface area contributed by atoms with Crippen molar-refractivity contribution in [3.8, 4) is 22.6 Å². The Balaban J connectivity index is 1.85. The summed E-state index contributed by atoms with van der Waals surface area (Å²) in [6.45, 7) is 5.18. The van der Waals surface area contributed by atoms with Crippen LogP contribution in [0.25, 0.3) is 21.9 Å². The van der Waals surface area contributed by atoms with Crippen molar-refractivity contribution in [2.75, 3.05) is 13.7 Å². The molecule has 0 radical (unpaired) electrons. The minimum atomic E-state index is -0.533. The van der Waals surface area contributed by atoms with E-state index < -0.39 is 11.9 Å². The third-order valence-corrected chi connectivity index (χ3v) is 7.00. The summed E-state index contributed by atoms with van der Waals surface area (Å²) in [4.78, 5) is 30.2. The van der Waals surface area contributed by atoms with Crippen molar-refractivity contribution < 1.29 is 23.8 Å². The first-order chi connectivity index (χ1) is 17.7. The highest BCUT2D eigenvalue weighted by Crippen LogP contribution is 2.43. The maximum atomic E-state index is 13.1. The van der Waals surface area contributed by atoms with Crippen LogP contribution >= 0.6 is 34.5 Å². The van der Waals surface area contributed by atoms with Gasteiger partial charge in [0.25, 0.3) is 0 Å². The Morgan fingerprint density at radius 1 is 1.05 bits per heavy atom. The maximum Gasteiger partial charge on any atom is 0.341 e. The Hall–Kier alpha value is -3.39. The van der Waals surface area contributed by atoms with Crippen LogP contribution < -0.4 is 9.47 Å². The second-order valence-electron chi connectivity index (χ2n) is 8.02. The van der Waals surface area contributed by atoms with Crippen LogP contribution in [0.2, 0.25) is 10.0 Å². The summed E-state index contributed by atoms with van der Waals surface area (Å²) in [5.74, 6) is -0.106. The fraction of sp³-hybridized carbons (Fsp3) is 0.179. The van der Waals surface area contributed by atoms with Gasteiger partial charge in [-0.2, -0.15) is 0 Å². The molecule has 0 aliphatic rings. The zero-order valence-corrected chi connectivity index (χ0v) is 22.9. The van der Waals surface area contributed by atoms with Gasteiger partial charge in [-0.3, -0.25) is 4.79 Å². The highest BCUT2D eigenvalue weighted by Gasteiger charge is 2.24. The molecule has 0 fully saturated rings. The van der Waals surface area contributed by atoms with Crippen molar-refractivity contribution in [1.29, 1.82) is 0 Å². The van der Waals surface area contributed by atoms with E-state index in [0.717, 1.165) is 32.5 Å². The summed E-state index contributed by atoms with van der Waals surface area (Å²) < 4.78 is 16.0. The predicted molar refractivity (Wildman–Crippen MR) is 150 cm³/mol. The molecule has 6 nitrogen and oxygen atoms in total. The largest absolute Gasteiger partial charge is 0.497 e. The topological polar surface area (TPSA) is 74.2 Å². The average molecular weight is 556 g/mol. The molecule has 0 amide bonds. The predicted octanol–water partition coefficient (Wildman–Crippen LogP) is 8.04. The molecular weight excluding hydrogens is 533 g/mol. The zero-order valence-electron chi connectivity index (χ0n) is 20.6. The van der Waals surface area contributed by atoms with Crippen LogP contribution in [0.15, 0.2) is 53.5 Å². The van der Waals surface area contributed by atoms with Gasteiger partial charge in [-0.15, -0.1) is 11.3 Å². The van der Waals surface area contributed by atoms with Crippen LogP contribution in [0.1, 0.15) is 34.6 Å². The van der Waals surface area contributed by atoms with Crippen molar-refractivity contribution in [2.24, 2.45) is 4.99 Å². The number of fused-ring (bicyclic) bond motifs is 1. The Kier molecular flexibility index (Phi) is 8.17. The van der Waals surface area contributed by atoms with Gasteiger partial charge in [0.2, 0.25) is 0 Å². The highest BCUT2D eigenvalue weighted by molar-refractivity contribution is 7.16. The molecule has 1 aromatic heterocycles. The van der Waals surface area contributed by atoms with E-state index >= 15 is 0 Å². The molecule has 0 aliphatic heterocycles.